The zero-order valence-electron chi connectivity index (χ0n) is 44.4. The highest BCUT2D eigenvalue weighted by atomic mass is 16.3. The molecule has 0 rings (SSSR count). The Morgan fingerprint density at radius 1 is 0.373 bits per heavy atom. The van der Waals surface area contributed by atoms with Crippen LogP contribution in [-0.2, 0) is 4.79 Å². The number of carbonyl (C=O) groups excluding carboxylic acids is 1. The topological polar surface area (TPSA) is 69.6 Å². The van der Waals surface area contributed by atoms with Gasteiger partial charge >= 0.3 is 0 Å². The van der Waals surface area contributed by atoms with Crippen LogP contribution in [0.5, 0.6) is 0 Å². The molecule has 0 saturated carbocycles. The Labute approximate surface area is 417 Å². The molecule has 3 N–H and O–H groups in total. The number of rotatable bonds is 52. The van der Waals surface area contributed by atoms with Crippen LogP contribution in [-0.4, -0.2) is 34.9 Å². The van der Waals surface area contributed by atoms with Gasteiger partial charge in [-0.1, -0.05) is 278 Å². The van der Waals surface area contributed by atoms with Crippen LogP contribution < -0.4 is 5.32 Å². The molecule has 0 aliphatic carbocycles. The Morgan fingerprint density at radius 2 is 0.672 bits per heavy atom. The summed E-state index contributed by atoms with van der Waals surface area (Å²) >= 11 is 0. The molecule has 0 spiro atoms. The molecule has 0 heterocycles. The Morgan fingerprint density at radius 3 is 1.04 bits per heavy atom. The molecular weight excluding hydrogens is 819 g/mol. The van der Waals surface area contributed by atoms with Crippen molar-refractivity contribution in [3.8, 4) is 0 Å². The third-order valence-corrected chi connectivity index (χ3v) is 12.8. The quantitative estimate of drug-likeness (QED) is 0.0420. The molecule has 0 fully saturated rings. The minimum Gasteiger partial charge on any atom is -0.394 e. The number of unbranched alkanes of at least 4 members (excludes halogenated alkanes) is 31. The normalized spacial score (nSPS) is 13.6. The average Bonchev–Trinajstić information content (AvgIpc) is 3.33. The molecule has 0 aliphatic heterocycles. The highest BCUT2D eigenvalue weighted by Gasteiger charge is 2.18. The van der Waals surface area contributed by atoms with Crippen molar-refractivity contribution in [2.24, 2.45) is 0 Å². The van der Waals surface area contributed by atoms with Crippen LogP contribution in [0.4, 0.5) is 0 Å². The summed E-state index contributed by atoms with van der Waals surface area (Å²) in [4.78, 5) is 12.5. The van der Waals surface area contributed by atoms with E-state index in [2.05, 4.69) is 104 Å². The van der Waals surface area contributed by atoms with E-state index in [1.54, 1.807) is 6.08 Å². The van der Waals surface area contributed by atoms with Gasteiger partial charge in [-0.2, -0.15) is 0 Å². The van der Waals surface area contributed by atoms with Crippen molar-refractivity contribution in [1.82, 2.24) is 5.32 Å². The average molecular weight is 931 g/mol. The summed E-state index contributed by atoms with van der Waals surface area (Å²) in [6.07, 6.45) is 85.8. The molecule has 2 unspecified atom stereocenters. The smallest absolute Gasteiger partial charge is 0.220 e. The minimum atomic E-state index is -0.883. The predicted molar refractivity (Wildman–Crippen MR) is 299 cm³/mol. The second-order valence-electron chi connectivity index (χ2n) is 19.3. The molecule has 0 aliphatic rings. The van der Waals surface area contributed by atoms with Crippen LogP contribution in [0.2, 0.25) is 0 Å². The predicted octanol–water partition coefficient (Wildman–Crippen LogP) is 19.3. The number of hydrogen-bond acceptors (Lipinski definition) is 3. The van der Waals surface area contributed by atoms with E-state index >= 15 is 0 Å². The van der Waals surface area contributed by atoms with Crippen molar-refractivity contribution in [1.29, 1.82) is 0 Å². The lowest BCUT2D eigenvalue weighted by atomic mass is 10.0. The number of allylic oxidation sites excluding steroid dienone is 15. The van der Waals surface area contributed by atoms with Crippen LogP contribution in [0.15, 0.2) is 97.2 Å². The van der Waals surface area contributed by atoms with E-state index in [1.807, 2.05) is 6.08 Å². The van der Waals surface area contributed by atoms with Crippen LogP contribution in [0.1, 0.15) is 277 Å². The van der Waals surface area contributed by atoms with Crippen LogP contribution in [0.3, 0.4) is 0 Å². The second kappa shape index (κ2) is 57.6. The van der Waals surface area contributed by atoms with E-state index in [9.17, 15) is 15.0 Å². The van der Waals surface area contributed by atoms with Gasteiger partial charge in [0, 0.05) is 6.42 Å². The lowest BCUT2D eigenvalue weighted by molar-refractivity contribution is -0.123. The summed E-state index contributed by atoms with van der Waals surface area (Å²) in [7, 11) is 0. The molecule has 0 aromatic heterocycles. The number of carbonyl (C=O) groups is 1. The highest BCUT2D eigenvalue weighted by Crippen LogP contribution is 2.16. The van der Waals surface area contributed by atoms with Gasteiger partial charge in [-0.05, 0) is 89.9 Å². The van der Waals surface area contributed by atoms with Gasteiger partial charge in [0.25, 0.3) is 0 Å². The summed E-state index contributed by atoms with van der Waals surface area (Å²) in [5.74, 6) is -0.0911. The fraction of sp³-hybridized carbons (Fsp3) is 0.730. The van der Waals surface area contributed by atoms with Crippen LogP contribution in [0, 0.1) is 0 Å². The Hall–Kier alpha value is -2.69. The number of aliphatic hydroxyl groups excluding tert-OH is 2. The van der Waals surface area contributed by atoms with E-state index in [4.69, 9.17) is 0 Å². The van der Waals surface area contributed by atoms with E-state index < -0.39 is 12.1 Å². The first-order valence-corrected chi connectivity index (χ1v) is 29.0. The molecule has 0 aromatic rings. The van der Waals surface area contributed by atoms with Crippen LogP contribution in [0.25, 0.3) is 0 Å². The molecular formula is C63H111NO3. The van der Waals surface area contributed by atoms with Crippen molar-refractivity contribution >= 4 is 5.91 Å². The van der Waals surface area contributed by atoms with Gasteiger partial charge in [-0.15, -0.1) is 0 Å². The van der Waals surface area contributed by atoms with E-state index in [-0.39, 0.29) is 12.5 Å². The largest absolute Gasteiger partial charge is 0.394 e. The maximum atomic E-state index is 12.5. The zero-order valence-corrected chi connectivity index (χ0v) is 44.4. The number of aliphatic hydroxyl groups is 2. The third kappa shape index (κ3) is 54.1. The standard InChI is InChI=1S/C63H111NO3/c1-3-5-7-9-11-13-15-17-19-21-23-25-27-28-29-30-31-32-33-34-35-37-38-40-42-44-46-48-50-52-54-56-58-62(66)61(60-65)64-63(67)59-57-55-53-51-49-47-45-43-41-39-36-26-24-22-20-18-16-14-12-10-8-6-4-2/h6,8,12,14,18,20,24,26,39-42,48,50,56,58,61-62,65-66H,3-5,7,9-11,13,15-17,19,21-23,25,27-38,43-47,49,51-55,57,59-60H2,1-2H3,(H,64,67)/b8-6-,14-12-,20-18-,26-24-,41-39-,42-40+,50-48+,58-56+. The molecule has 1 amide bonds. The van der Waals surface area contributed by atoms with Gasteiger partial charge in [-0.3, -0.25) is 4.79 Å². The number of amides is 1. The summed E-state index contributed by atoms with van der Waals surface area (Å²) in [5, 5.41) is 23.1. The monoisotopic (exact) mass is 930 g/mol. The van der Waals surface area contributed by atoms with Crippen molar-refractivity contribution in [3.05, 3.63) is 97.2 Å². The lowest BCUT2D eigenvalue weighted by Gasteiger charge is -2.19. The lowest BCUT2D eigenvalue weighted by Crippen LogP contribution is -2.45. The van der Waals surface area contributed by atoms with Gasteiger partial charge < -0.3 is 15.5 Å². The maximum absolute atomic E-state index is 12.5. The van der Waals surface area contributed by atoms with Gasteiger partial charge in [-0.25, -0.2) is 0 Å². The summed E-state index contributed by atoms with van der Waals surface area (Å²) < 4.78 is 0. The Balaban J connectivity index is 3.59. The molecule has 2 atom stereocenters. The zero-order chi connectivity index (χ0) is 48.5. The SMILES string of the molecule is CC/C=C\C/C=C\C/C=C\C/C=C\C/C=C\CCCCCCCCCC(=O)NC(CO)C(O)/C=C/CC/C=C/CC/C=C/CCCCCCCCCCCCCCCCCCCCCCCC. The van der Waals surface area contributed by atoms with E-state index in [0.717, 1.165) is 83.5 Å². The number of hydrogen-bond donors (Lipinski definition) is 3. The van der Waals surface area contributed by atoms with Crippen molar-refractivity contribution in [2.45, 2.75) is 289 Å². The minimum absolute atomic E-state index is 0.0911. The van der Waals surface area contributed by atoms with Crippen molar-refractivity contribution in [3.63, 3.8) is 0 Å². The first-order valence-electron chi connectivity index (χ1n) is 29.0. The molecule has 4 heteroatoms. The van der Waals surface area contributed by atoms with Crippen molar-refractivity contribution in [2.75, 3.05) is 6.61 Å². The Kier molecular flexibility index (Phi) is 55.3. The summed E-state index contributed by atoms with van der Waals surface area (Å²) in [5.41, 5.74) is 0. The van der Waals surface area contributed by atoms with Crippen molar-refractivity contribution < 1.29 is 15.0 Å². The molecule has 386 valence electrons. The molecule has 0 aromatic carbocycles. The molecule has 4 nitrogen and oxygen atoms in total. The third-order valence-electron chi connectivity index (χ3n) is 12.8. The highest BCUT2D eigenvalue weighted by molar-refractivity contribution is 5.76. The first-order chi connectivity index (χ1) is 33.2. The summed E-state index contributed by atoms with van der Waals surface area (Å²) in [6, 6.07) is -0.660. The Bertz CT molecular complexity index is 1240. The van der Waals surface area contributed by atoms with Gasteiger partial charge in [0.15, 0.2) is 0 Å². The van der Waals surface area contributed by atoms with Gasteiger partial charge in [0.1, 0.15) is 0 Å². The molecule has 0 radical (unpaired) electrons. The summed E-state index contributed by atoms with van der Waals surface area (Å²) in [6.45, 7) is 4.19. The molecule has 0 saturated heterocycles. The maximum Gasteiger partial charge on any atom is 0.220 e. The molecule has 67 heavy (non-hydrogen) atoms. The van der Waals surface area contributed by atoms with E-state index in [0.29, 0.717) is 6.42 Å². The van der Waals surface area contributed by atoms with Gasteiger partial charge in [0.2, 0.25) is 5.91 Å². The first kappa shape index (κ1) is 64.3. The van der Waals surface area contributed by atoms with E-state index in [1.165, 1.54) is 173 Å². The van der Waals surface area contributed by atoms with Gasteiger partial charge in [0.05, 0.1) is 18.8 Å². The fourth-order valence-corrected chi connectivity index (χ4v) is 8.42. The fourth-order valence-electron chi connectivity index (χ4n) is 8.42. The van der Waals surface area contributed by atoms with Crippen LogP contribution >= 0.6 is 0 Å². The second-order valence-corrected chi connectivity index (χ2v) is 19.3. The number of nitrogens with one attached hydrogen (secondary N) is 1. The molecule has 0 bridgehead atoms.